The molecule has 5 rings (SSSR count). The van der Waals surface area contributed by atoms with Crippen LogP contribution in [-0.4, -0.2) is 50.7 Å². The number of imidazole rings is 1. The van der Waals surface area contributed by atoms with E-state index in [-0.39, 0.29) is 6.10 Å². The lowest BCUT2D eigenvalue weighted by Gasteiger charge is -2.29. The van der Waals surface area contributed by atoms with Gasteiger partial charge in [0.1, 0.15) is 6.10 Å². The molecule has 1 atom stereocenters. The Balaban J connectivity index is 1.54. The van der Waals surface area contributed by atoms with Gasteiger partial charge in [0, 0.05) is 35.3 Å². The van der Waals surface area contributed by atoms with E-state index in [0.717, 1.165) is 53.7 Å². The zero-order valence-electron chi connectivity index (χ0n) is 14.7. The van der Waals surface area contributed by atoms with Gasteiger partial charge in [0.25, 0.3) is 0 Å². The molecular formula is C20H21N5O. The van der Waals surface area contributed by atoms with Crippen molar-refractivity contribution in [3.63, 3.8) is 0 Å². The molecule has 0 radical (unpaired) electrons. The van der Waals surface area contributed by atoms with E-state index in [2.05, 4.69) is 40.1 Å². The molecule has 4 heterocycles. The highest BCUT2D eigenvalue weighted by Crippen LogP contribution is 2.29. The van der Waals surface area contributed by atoms with Crippen molar-refractivity contribution in [3.05, 3.63) is 48.8 Å². The number of benzene rings is 1. The quantitative estimate of drug-likeness (QED) is 0.617. The first-order chi connectivity index (χ1) is 12.8. The summed E-state index contributed by atoms with van der Waals surface area (Å²) in [6.07, 6.45) is 6.26. The standard InChI is InChI=1S/C20H21N5O/c1-24-11-3-4-14(13-24)26-20-8-7-19-22-12-18(25(19)23-20)16-5-2-6-17-15(16)9-10-21-17/h2,5-10,12,14,21H,3-4,11,13H2,1H3/t14-/m0/s1. The largest absolute Gasteiger partial charge is 0.472 e. The number of likely N-dealkylation sites (tertiary alicyclic amines) is 1. The summed E-state index contributed by atoms with van der Waals surface area (Å²) in [6.45, 7) is 2.08. The van der Waals surface area contributed by atoms with Crippen molar-refractivity contribution in [2.75, 3.05) is 20.1 Å². The van der Waals surface area contributed by atoms with Gasteiger partial charge in [-0.25, -0.2) is 9.50 Å². The Labute approximate surface area is 151 Å². The van der Waals surface area contributed by atoms with Gasteiger partial charge >= 0.3 is 0 Å². The highest BCUT2D eigenvalue weighted by molar-refractivity contribution is 5.94. The molecule has 0 aliphatic carbocycles. The fourth-order valence-corrected chi connectivity index (χ4v) is 3.80. The normalized spacial score (nSPS) is 18.6. The van der Waals surface area contributed by atoms with Gasteiger partial charge in [-0.05, 0) is 44.6 Å². The number of aromatic nitrogens is 4. The van der Waals surface area contributed by atoms with Gasteiger partial charge in [-0.2, -0.15) is 0 Å². The van der Waals surface area contributed by atoms with Crippen molar-refractivity contribution >= 4 is 16.6 Å². The third-order valence-corrected chi connectivity index (χ3v) is 5.08. The van der Waals surface area contributed by atoms with Crippen LogP contribution in [0.3, 0.4) is 0 Å². The predicted octanol–water partition coefficient (Wildman–Crippen LogP) is 3.35. The van der Waals surface area contributed by atoms with Crippen LogP contribution in [0, 0.1) is 0 Å². The first-order valence-electron chi connectivity index (χ1n) is 9.04. The molecule has 1 N–H and O–H groups in total. The summed E-state index contributed by atoms with van der Waals surface area (Å²) in [4.78, 5) is 10.1. The van der Waals surface area contributed by atoms with Gasteiger partial charge in [0.15, 0.2) is 5.65 Å². The van der Waals surface area contributed by atoms with E-state index in [1.54, 1.807) is 0 Å². The number of hydrogen-bond donors (Lipinski definition) is 1. The first-order valence-corrected chi connectivity index (χ1v) is 9.04. The van der Waals surface area contributed by atoms with Crippen LogP contribution in [0.1, 0.15) is 12.8 Å². The van der Waals surface area contributed by atoms with E-state index in [0.29, 0.717) is 5.88 Å². The Kier molecular flexibility index (Phi) is 3.64. The number of nitrogens with zero attached hydrogens (tertiary/aromatic N) is 4. The summed E-state index contributed by atoms with van der Waals surface area (Å²) >= 11 is 0. The molecule has 0 amide bonds. The third-order valence-electron chi connectivity index (χ3n) is 5.08. The van der Waals surface area contributed by atoms with Gasteiger partial charge in [-0.1, -0.05) is 12.1 Å². The number of aromatic amines is 1. The van der Waals surface area contributed by atoms with Crippen LogP contribution in [0.4, 0.5) is 0 Å². The highest BCUT2D eigenvalue weighted by atomic mass is 16.5. The van der Waals surface area contributed by atoms with Gasteiger partial charge in [-0.3, -0.25) is 0 Å². The Hall–Kier alpha value is -2.86. The second kappa shape index (κ2) is 6.14. The van der Waals surface area contributed by atoms with Gasteiger partial charge in [0.2, 0.25) is 5.88 Å². The Bertz CT molecular complexity index is 1070. The van der Waals surface area contributed by atoms with Crippen LogP contribution in [0.15, 0.2) is 48.8 Å². The molecule has 26 heavy (non-hydrogen) atoms. The van der Waals surface area contributed by atoms with Crippen LogP contribution in [0.2, 0.25) is 0 Å². The van der Waals surface area contributed by atoms with E-state index < -0.39 is 0 Å². The van der Waals surface area contributed by atoms with Crippen molar-refractivity contribution < 1.29 is 4.74 Å². The van der Waals surface area contributed by atoms with E-state index >= 15 is 0 Å². The maximum absolute atomic E-state index is 6.16. The van der Waals surface area contributed by atoms with Crippen LogP contribution in [-0.2, 0) is 0 Å². The predicted molar refractivity (Wildman–Crippen MR) is 101 cm³/mol. The van der Waals surface area contributed by atoms with Crippen molar-refractivity contribution in [2.45, 2.75) is 18.9 Å². The number of rotatable bonds is 3. The van der Waals surface area contributed by atoms with Gasteiger partial charge in [-0.15, -0.1) is 5.10 Å². The molecule has 0 bridgehead atoms. The molecule has 1 aliphatic rings. The summed E-state index contributed by atoms with van der Waals surface area (Å²) in [5, 5.41) is 5.89. The Morgan fingerprint density at radius 1 is 1.19 bits per heavy atom. The van der Waals surface area contributed by atoms with E-state index in [9.17, 15) is 0 Å². The first kappa shape index (κ1) is 15.4. The molecule has 0 saturated carbocycles. The van der Waals surface area contributed by atoms with E-state index in [1.807, 2.05) is 35.1 Å². The molecule has 1 saturated heterocycles. The summed E-state index contributed by atoms with van der Waals surface area (Å²) in [6, 6.07) is 12.2. The maximum atomic E-state index is 6.16. The summed E-state index contributed by atoms with van der Waals surface area (Å²) in [5.41, 5.74) is 4.01. The van der Waals surface area contributed by atoms with Crippen molar-refractivity contribution in [3.8, 4) is 17.1 Å². The van der Waals surface area contributed by atoms with Crippen LogP contribution in [0.25, 0.3) is 27.8 Å². The molecule has 132 valence electrons. The van der Waals surface area contributed by atoms with Crippen molar-refractivity contribution in [1.82, 2.24) is 24.5 Å². The molecule has 0 unspecified atom stereocenters. The van der Waals surface area contributed by atoms with E-state index in [1.165, 1.54) is 0 Å². The lowest BCUT2D eigenvalue weighted by atomic mass is 10.1. The molecule has 1 aliphatic heterocycles. The summed E-state index contributed by atoms with van der Waals surface area (Å²) < 4.78 is 8.04. The van der Waals surface area contributed by atoms with Crippen molar-refractivity contribution in [2.24, 2.45) is 0 Å². The topological polar surface area (TPSA) is 58.5 Å². The lowest BCUT2D eigenvalue weighted by Crippen LogP contribution is -2.38. The third kappa shape index (κ3) is 2.63. The number of likely N-dealkylation sites (N-methyl/N-ethyl adjacent to an activating group) is 1. The SMILES string of the molecule is CN1CCC[C@H](Oc2ccc3ncc(-c4cccc5[nH]ccc45)n3n2)C1. The highest BCUT2D eigenvalue weighted by Gasteiger charge is 2.19. The average molecular weight is 347 g/mol. The van der Waals surface area contributed by atoms with Gasteiger partial charge < -0.3 is 14.6 Å². The average Bonchev–Trinajstić information content (AvgIpc) is 3.28. The Morgan fingerprint density at radius 3 is 3.08 bits per heavy atom. The van der Waals surface area contributed by atoms with E-state index in [4.69, 9.17) is 9.84 Å². The minimum atomic E-state index is 0.193. The summed E-state index contributed by atoms with van der Waals surface area (Å²) in [7, 11) is 2.14. The lowest BCUT2D eigenvalue weighted by molar-refractivity contribution is 0.0988. The zero-order valence-corrected chi connectivity index (χ0v) is 14.7. The second-order valence-electron chi connectivity index (χ2n) is 6.97. The number of fused-ring (bicyclic) bond motifs is 2. The number of hydrogen-bond acceptors (Lipinski definition) is 4. The monoisotopic (exact) mass is 347 g/mol. The van der Waals surface area contributed by atoms with Crippen molar-refractivity contribution in [1.29, 1.82) is 0 Å². The van der Waals surface area contributed by atoms with Crippen LogP contribution in [0.5, 0.6) is 5.88 Å². The molecule has 1 fully saturated rings. The molecule has 0 spiro atoms. The van der Waals surface area contributed by atoms with Gasteiger partial charge in [0.05, 0.1) is 11.9 Å². The van der Waals surface area contributed by atoms with Crippen LogP contribution >= 0.6 is 0 Å². The molecule has 4 aromatic rings. The minimum absolute atomic E-state index is 0.193. The molecular weight excluding hydrogens is 326 g/mol. The summed E-state index contributed by atoms with van der Waals surface area (Å²) in [5.74, 6) is 0.651. The fraction of sp³-hybridized carbons (Fsp3) is 0.300. The zero-order chi connectivity index (χ0) is 17.5. The minimum Gasteiger partial charge on any atom is -0.472 e. The smallest absolute Gasteiger partial charge is 0.232 e. The van der Waals surface area contributed by atoms with Crippen LogP contribution < -0.4 is 4.74 Å². The second-order valence-corrected chi connectivity index (χ2v) is 6.97. The molecule has 6 nitrogen and oxygen atoms in total. The maximum Gasteiger partial charge on any atom is 0.232 e. The number of nitrogens with one attached hydrogen (secondary N) is 1. The molecule has 3 aromatic heterocycles. The molecule has 1 aromatic carbocycles. The Morgan fingerprint density at radius 2 is 2.15 bits per heavy atom. The number of ether oxygens (including phenoxy) is 1. The fourth-order valence-electron chi connectivity index (χ4n) is 3.80. The molecule has 6 heteroatoms. The number of H-pyrrole nitrogens is 1. The number of piperidine rings is 1.